The predicted octanol–water partition coefficient (Wildman–Crippen LogP) is 8.17. The molecule has 1 aliphatic carbocycles. The summed E-state index contributed by atoms with van der Waals surface area (Å²) in [6, 6.07) is 17.2. The maximum atomic E-state index is 3.30. The molecule has 2 aromatic carbocycles. The summed E-state index contributed by atoms with van der Waals surface area (Å²) in [5.41, 5.74) is 4.66. The topological polar surface area (TPSA) is 0 Å². The van der Waals surface area contributed by atoms with Crippen LogP contribution in [0.2, 0.25) is 0 Å². The predicted molar refractivity (Wildman–Crippen MR) is 134 cm³/mol. The fourth-order valence-electron chi connectivity index (χ4n) is 4.55. The molecular weight excluding hydrogens is 372 g/mol. The molecule has 0 unspecified atom stereocenters. The van der Waals surface area contributed by atoms with Gasteiger partial charge in [-0.05, 0) is 73.1 Å². The summed E-state index contributed by atoms with van der Waals surface area (Å²) in [6.07, 6.45) is 14.5. The van der Waals surface area contributed by atoms with E-state index in [-0.39, 0.29) is 0 Å². The summed E-state index contributed by atoms with van der Waals surface area (Å²) in [7, 11) is 0. The zero-order valence-corrected chi connectivity index (χ0v) is 19.6. The van der Waals surface area contributed by atoms with Crippen molar-refractivity contribution in [2.24, 2.45) is 11.8 Å². The number of hydrogen-bond donors (Lipinski definition) is 0. The highest BCUT2D eigenvalue weighted by Gasteiger charge is 2.20. The number of benzene rings is 2. The van der Waals surface area contributed by atoms with E-state index in [9.17, 15) is 0 Å². The Bertz CT molecular complexity index is 885. The molecule has 2 aromatic rings. The van der Waals surface area contributed by atoms with Crippen LogP contribution in [0.15, 0.2) is 48.5 Å². The molecule has 0 aliphatic heterocycles. The van der Waals surface area contributed by atoms with E-state index in [1.165, 1.54) is 69.8 Å². The van der Waals surface area contributed by atoms with Gasteiger partial charge in [0, 0.05) is 23.1 Å². The average molecular weight is 411 g/mol. The van der Waals surface area contributed by atoms with Crippen molar-refractivity contribution in [3.05, 3.63) is 70.8 Å². The van der Waals surface area contributed by atoms with Crippen LogP contribution in [0.3, 0.4) is 0 Å². The smallest absolute Gasteiger partial charge is 0.0249 e. The van der Waals surface area contributed by atoms with Gasteiger partial charge in [0.2, 0.25) is 0 Å². The molecule has 0 heteroatoms. The molecule has 0 atom stereocenters. The molecule has 0 spiro atoms. The van der Waals surface area contributed by atoms with Gasteiger partial charge in [-0.1, -0.05) is 94.6 Å². The van der Waals surface area contributed by atoms with Gasteiger partial charge in [-0.2, -0.15) is 0 Å². The standard InChI is InChI=1S/C31H38/c1-3-5-6-7-9-27-12-16-29(17-13-27)19-21-31-24-22-30(23-25-31)20-18-28-14-10-26(8-4-2)11-15-28/h12-13,16-17,22-26,28H,3-6,8,10-11,14-15,18,20H2,1-2H3/t26-,28-. The Balaban J connectivity index is 1.45. The largest absolute Gasteiger partial charge is 0.0979 e. The van der Waals surface area contributed by atoms with Crippen molar-refractivity contribution in [1.82, 2.24) is 0 Å². The summed E-state index contributed by atoms with van der Waals surface area (Å²) < 4.78 is 0. The number of rotatable bonds is 7. The maximum Gasteiger partial charge on any atom is 0.0249 e. The highest BCUT2D eigenvalue weighted by Crippen LogP contribution is 2.33. The molecule has 0 bridgehead atoms. The summed E-state index contributed by atoms with van der Waals surface area (Å²) in [6.45, 7) is 4.52. The van der Waals surface area contributed by atoms with Crippen LogP contribution in [-0.4, -0.2) is 0 Å². The van der Waals surface area contributed by atoms with Gasteiger partial charge in [-0.3, -0.25) is 0 Å². The second-order valence-corrected chi connectivity index (χ2v) is 9.14. The van der Waals surface area contributed by atoms with Crippen molar-refractivity contribution >= 4 is 0 Å². The Morgan fingerprint density at radius 2 is 1.16 bits per heavy atom. The molecule has 3 rings (SSSR count). The molecule has 0 radical (unpaired) electrons. The highest BCUT2D eigenvalue weighted by atomic mass is 14.3. The van der Waals surface area contributed by atoms with Crippen molar-refractivity contribution in [1.29, 1.82) is 0 Å². The van der Waals surface area contributed by atoms with Crippen molar-refractivity contribution < 1.29 is 0 Å². The third kappa shape index (κ3) is 8.31. The van der Waals surface area contributed by atoms with Crippen molar-refractivity contribution in [3.63, 3.8) is 0 Å². The lowest BCUT2D eigenvalue weighted by molar-refractivity contribution is 0.252. The van der Waals surface area contributed by atoms with Crippen LogP contribution in [0.25, 0.3) is 0 Å². The number of aryl methyl sites for hydroxylation is 1. The van der Waals surface area contributed by atoms with Crippen molar-refractivity contribution in [2.75, 3.05) is 0 Å². The molecule has 0 N–H and O–H groups in total. The third-order valence-corrected chi connectivity index (χ3v) is 6.58. The SMILES string of the molecule is CCCCC#Cc1ccc(C#Cc2ccc(CC[C@H]3CC[C@H](CCC)CC3)cc2)cc1. The molecule has 31 heavy (non-hydrogen) atoms. The van der Waals surface area contributed by atoms with Gasteiger partial charge in [0.05, 0.1) is 0 Å². The number of unbranched alkanes of at least 4 members (excludes halogenated alkanes) is 2. The summed E-state index contributed by atoms with van der Waals surface area (Å²) in [4.78, 5) is 0. The normalized spacial score (nSPS) is 17.9. The van der Waals surface area contributed by atoms with Crippen LogP contribution in [0.5, 0.6) is 0 Å². The van der Waals surface area contributed by atoms with Gasteiger partial charge < -0.3 is 0 Å². The lowest BCUT2D eigenvalue weighted by Gasteiger charge is -2.28. The highest BCUT2D eigenvalue weighted by molar-refractivity contribution is 5.46. The molecule has 1 fully saturated rings. The maximum absolute atomic E-state index is 3.30. The van der Waals surface area contributed by atoms with E-state index in [1.54, 1.807) is 0 Å². The Morgan fingerprint density at radius 3 is 1.71 bits per heavy atom. The van der Waals surface area contributed by atoms with E-state index < -0.39 is 0 Å². The first-order valence-corrected chi connectivity index (χ1v) is 12.5. The van der Waals surface area contributed by atoms with Crippen LogP contribution < -0.4 is 0 Å². The fourth-order valence-corrected chi connectivity index (χ4v) is 4.55. The fraction of sp³-hybridized carbons (Fsp3) is 0.484. The van der Waals surface area contributed by atoms with Crippen molar-refractivity contribution in [3.8, 4) is 23.7 Å². The van der Waals surface area contributed by atoms with E-state index in [4.69, 9.17) is 0 Å². The van der Waals surface area contributed by atoms with Gasteiger partial charge in [0.1, 0.15) is 0 Å². The van der Waals surface area contributed by atoms with Crippen molar-refractivity contribution in [2.45, 2.75) is 84.5 Å². The second-order valence-electron chi connectivity index (χ2n) is 9.14. The van der Waals surface area contributed by atoms with Gasteiger partial charge in [0.25, 0.3) is 0 Å². The minimum atomic E-state index is 0.937. The van der Waals surface area contributed by atoms with Gasteiger partial charge in [-0.25, -0.2) is 0 Å². The van der Waals surface area contributed by atoms with Crippen LogP contribution in [0.1, 0.15) is 100 Å². The molecule has 0 heterocycles. The quantitative estimate of drug-likeness (QED) is 0.319. The van der Waals surface area contributed by atoms with E-state index in [1.807, 2.05) is 0 Å². The van der Waals surface area contributed by atoms with E-state index in [0.29, 0.717) is 0 Å². The Hall–Kier alpha value is -2.44. The van der Waals surface area contributed by atoms with E-state index in [2.05, 4.69) is 86.1 Å². The summed E-state index contributed by atoms with van der Waals surface area (Å²) in [5.74, 6) is 15.0. The Labute approximate surface area is 190 Å². The first-order valence-electron chi connectivity index (χ1n) is 12.5. The van der Waals surface area contributed by atoms with Gasteiger partial charge >= 0.3 is 0 Å². The molecule has 0 amide bonds. The molecule has 0 saturated heterocycles. The van der Waals surface area contributed by atoms with Gasteiger partial charge in [-0.15, -0.1) is 0 Å². The van der Waals surface area contributed by atoms with Crippen LogP contribution in [-0.2, 0) is 6.42 Å². The Kier molecular flexibility index (Phi) is 9.80. The second kappa shape index (κ2) is 13.1. The summed E-state index contributed by atoms with van der Waals surface area (Å²) >= 11 is 0. The van der Waals surface area contributed by atoms with E-state index in [0.717, 1.165) is 34.9 Å². The number of hydrogen-bond acceptors (Lipinski definition) is 0. The lowest BCUT2D eigenvalue weighted by Crippen LogP contribution is -2.15. The van der Waals surface area contributed by atoms with Crippen LogP contribution in [0, 0.1) is 35.5 Å². The summed E-state index contributed by atoms with van der Waals surface area (Å²) in [5, 5.41) is 0. The first-order chi connectivity index (χ1) is 15.3. The van der Waals surface area contributed by atoms with Crippen LogP contribution >= 0.6 is 0 Å². The zero-order chi connectivity index (χ0) is 21.7. The monoisotopic (exact) mass is 410 g/mol. The molecular formula is C31H38. The minimum Gasteiger partial charge on any atom is -0.0979 e. The van der Waals surface area contributed by atoms with Gasteiger partial charge in [0.15, 0.2) is 0 Å². The Morgan fingerprint density at radius 1 is 0.645 bits per heavy atom. The lowest BCUT2D eigenvalue weighted by atomic mass is 9.78. The van der Waals surface area contributed by atoms with Crippen LogP contribution in [0.4, 0.5) is 0 Å². The zero-order valence-electron chi connectivity index (χ0n) is 19.6. The van der Waals surface area contributed by atoms with E-state index >= 15 is 0 Å². The molecule has 1 saturated carbocycles. The average Bonchev–Trinajstić information content (AvgIpc) is 2.82. The molecule has 162 valence electrons. The molecule has 1 aliphatic rings. The molecule has 0 nitrogen and oxygen atoms in total. The third-order valence-electron chi connectivity index (χ3n) is 6.58. The molecule has 0 aromatic heterocycles. The first kappa shape index (κ1) is 23.2. The minimum absolute atomic E-state index is 0.937.